The van der Waals surface area contributed by atoms with E-state index in [1.807, 2.05) is 0 Å². The van der Waals surface area contributed by atoms with Crippen LogP contribution in [0.5, 0.6) is 11.5 Å². The van der Waals surface area contributed by atoms with Crippen LogP contribution in [0, 0.1) is 17.2 Å². The third-order valence-corrected chi connectivity index (χ3v) is 4.16. The van der Waals surface area contributed by atoms with Gasteiger partial charge in [0.1, 0.15) is 5.54 Å². The Labute approximate surface area is 124 Å². The minimum atomic E-state index is -0.834. The van der Waals surface area contributed by atoms with Crippen molar-refractivity contribution in [1.82, 2.24) is 5.32 Å². The summed E-state index contributed by atoms with van der Waals surface area (Å²) in [6.07, 6.45) is 3.11. The van der Waals surface area contributed by atoms with Crippen LogP contribution < -0.4 is 10.1 Å². The minimum absolute atomic E-state index is 0.127. The van der Waals surface area contributed by atoms with Gasteiger partial charge in [0, 0.05) is 0 Å². The molecule has 1 amide bonds. The van der Waals surface area contributed by atoms with E-state index in [0.29, 0.717) is 18.8 Å². The maximum absolute atomic E-state index is 12.4. The maximum atomic E-state index is 12.4. The molecule has 2 rings (SSSR count). The Morgan fingerprint density at radius 3 is 2.71 bits per heavy atom. The number of amides is 1. The fraction of sp³-hybridized carbons (Fsp3) is 0.500. The van der Waals surface area contributed by atoms with Crippen molar-refractivity contribution in [3.63, 3.8) is 0 Å². The van der Waals surface area contributed by atoms with E-state index in [-0.39, 0.29) is 17.1 Å². The lowest BCUT2D eigenvalue weighted by Crippen LogP contribution is -2.49. The first-order valence-electron chi connectivity index (χ1n) is 7.11. The van der Waals surface area contributed by atoms with Crippen molar-refractivity contribution < 1.29 is 14.6 Å². The minimum Gasteiger partial charge on any atom is -0.504 e. The summed E-state index contributed by atoms with van der Waals surface area (Å²) in [7, 11) is 1.43. The predicted octanol–water partition coefficient (Wildman–Crippen LogP) is 2.60. The summed E-state index contributed by atoms with van der Waals surface area (Å²) in [6, 6.07) is 6.97. The van der Waals surface area contributed by atoms with Crippen LogP contribution >= 0.6 is 0 Å². The van der Waals surface area contributed by atoms with E-state index in [0.717, 1.165) is 12.8 Å². The number of hydrogen-bond donors (Lipinski definition) is 2. The third kappa shape index (κ3) is 3.10. The van der Waals surface area contributed by atoms with Crippen LogP contribution in [0.3, 0.4) is 0 Å². The number of carbonyl (C=O) groups excluding carboxylic acids is 1. The van der Waals surface area contributed by atoms with Crippen LogP contribution in [0.4, 0.5) is 0 Å². The van der Waals surface area contributed by atoms with Gasteiger partial charge in [0.15, 0.2) is 11.5 Å². The molecule has 1 aromatic rings. The number of phenolic OH excluding ortho intramolecular Hbond substituents is 1. The Morgan fingerprint density at radius 2 is 2.14 bits per heavy atom. The van der Waals surface area contributed by atoms with Gasteiger partial charge in [0.25, 0.3) is 5.91 Å². The van der Waals surface area contributed by atoms with E-state index >= 15 is 0 Å². The molecule has 1 aliphatic carbocycles. The maximum Gasteiger partial charge on any atom is 0.256 e. The van der Waals surface area contributed by atoms with Crippen LogP contribution in [0.25, 0.3) is 0 Å². The Balaban J connectivity index is 2.19. The molecule has 0 aromatic heterocycles. The van der Waals surface area contributed by atoms with Crippen LogP contribution in [-0.4, -0.2) is 23.7 Å². The zero-order valence-electron chi connectivity index (χ0n) is 12.3. The molecule has 0 unspecified atom stereocenters. The first-order chi connectivity index (χ1) is 10.0. The van der Waals surface area contributed by atoms with Crippen LogP contribution in [0.15, 0.2) is 18.2 Å². The van der Waals surface area contributed by atoms with Crippen molar-refractivity contribution in [1.29, 1.82) is 5.26 Å². The molecule has 0 heterocycles. The molecule has 2 N–H and O–H groups in total. The quantitative estimate of drug-likeness (QED) is 0.895. The summed E-state index contributed by atoms with van der Waals surface area (Å²) in [6.45, 7) is 2.15. The molecule has 21 heavy (non-hydrogen) atoms. The monoisotopic (exact) mass is 288 g/mol. The average Bonchev–Trinajstić information content (AvgIpc) is 2.50. The van der Waals surface area contributed by atoms with Gasteiger partial charge in [-0.05, 0) is 43.7 Å². The molecule has 1 fully saturated rings. The van der Waals surface area contributed by atoms with Crippen molar-refractivity contribution in [3.8, 4) is 17.6 Å². The number of methoxy groups -OCH3 is 1. The van der Waals surface area contributed by atoms with E-state index in [1.165, 1.54) is 13.2 Å². The van der Waals surface area contributed by atoms with Gasteiger partial charge in [0.2, 0.25) is 0 Å². The second-order valence-corrected chi connectivity index (χ2v) is 5.69. The molecule has 0 spiro atoms. The van der Waals surface area contributed by atoms with Crippen molar-refractivity contribution >= 4 is 5.91 Å². The average molecular weight is 288 g/mol. The van der Waals surface area contributed by atoms with E-state index in [2.05, 4.69) is 18.3 Å². The van der Waals surface area contributed by atoms with E-state index in [4.69, 9.17) is 4.74 Å². The topological polar surface area (TPSA) is 82.3 Å². The van der Waals surface area contributed by atoms with Gasteiger partial charge in [-0.15, -0.1) is 0 Å². The lowest BCUT2D eigenvalue weighted by molar-refractivity contribution is 0.0890. The fourth-order valence-corrected chi connectivity index (χ4v) is 2.67. The number of benzene rings is 1. The molecule has 1 aromatic carbocycles. The highest BCUT2D eigenvalue weighted by atomic mass is 16.5. The van der Waals surface area contributed by atoms with Crippen LogP contribution in [-0.2, 0) is 0 Å². The fourth-order valence-electron chi connectivity index (χ4n) is 2.67. The first kappa shape index (κ1) is 15.2. The van der Waals surface area contributed by atoms with Crippen molar-refractivity contribution in [3.05, 3.63) is 23.8 Å². The van der Waals surface area contributed by atoms with E-state index in [1.54, 1.807) is 12.1 Å². The number of nitrogens with one attached hydrogen (secondary N) is 1. The number of aromatic hydroxyl groups is 1. The molecule has 112 valence electrons. The zero-order valence-corrected chi connectivity index (χ0v) is 12.3. The molecule has 0 atom stereocenters. The molecular formula is C16H20N2O3. The van der Waals surface area contributed by atoms with Gasteiger partial charge in [0.05, 0.1) is 18.7 Å². The van der Waals surface area contributed by atoms with E-state index < -0.39 is 11.4 Å². The Bertz CT molecular complexity index is 569. The van der Waals surface area contributed by atoms with Gasteiger partial charge in [-0.3, -0.25) is 4.79 Å². The lowest BCUT2D eigenvalue weighted by Gasteiger charge is -2.34. The Morgan fingerprint density at radius 1 is 1.48 bits per heavy atom. The lowest BCUT2D eigenvalue weighted by atomic mass is 9.78. The SMILES string of the molecule is COc1cccc(C(=O)NC2(C#N)CCC(C)CC2)c1O. The first-order valence-corrected chi connectivity index (χ1v) is 7.11. The molecule has 0 bridgehead atoms. The van der Waals surface area contributed by atoms with Crippen molar-refractivity contribution in [2.75, 3.05) is 7.11 Å². The molecular weight excluding hydrogens is 268 g/mol. The number of ether oxygens (including phenoxy) is 1. The third-order valence-electron chi connectivity index (χ3n) is 4.16. The molecule has 0 saturated heterocycles. The second kappa shape index (κ2) is 6.04. The number of carbonyl (C=O) groups is 1. The molecule has 1 aliphatic rings. The zero-order chi connectivity index (χ0) is 15.5. The molecule has 0 radical (unpaired) electrons. The second-order valence-electron chi connectivity index (χ2n) is 5.69. The predicted molar refractivity (Wildman–Crippen MR) is 78.1 cm³/mol. The molecule has 0 aliphatic heterocycles. The summed E-state index contributed by atoms with van der Waals surface area (Å²) < 4.78 is 5.00. The van der Waals surface area contributed by atoms with Gasteiger partial charge >= 0.3 is 0 Å². The molecule has 5 nitrogen and oxygen atoms in total. The number of nitrogens with zero attached hydrogens (tertiary/aromatic N) is 1. The largest absolute Gasteiger partial charge is 0.504 e. The Kier molecular flexibility index (Phi) is 4.37. The summed E-state index contributed by atoms with van der Waals surface area (Å²) in [4.78, 5) is 12.4. The standard InChI is InChI=1S/C16H20N2O3/c1-11-6-8-16(10-17,9-7-11)18-15(20)12-4-3-5-13(21-2)14(12)19/h3-5,11,19H,6-9H2,1-2H3,(H,18,20). The van der Waals surface area contributed by atoms with Gasteiger partial charge in [-0.25, -0.2) is 0 Å². The van der Waals surface area contributed by atoms with Gasteiger partial charge in [-0.2, -0.15) is 5.26 Å². The number of hydrogen-bond acceptors (Lipinski definition) is 4. The summed E-state index contributed by atoms with van der Waals surface area (Å²) in [5.41, 5.74) is -0.707. The van der Waals surface area contributed by atoms with Gasteiger partial charge < -0.3 is 15.2 Å². The van der Waals surface area contributed by atoms with Gasteiger partial charge in [-0.1, -0.05) is 13.0 Å². The van der Waals surface area contributed by atoms with Crippen LogP contribution in [0.2, 0.25) is 0 Å². The highest BCUT2D eigenvalue weighted by Gasteiger charge is 2.36. The van der Waals surface area contributed by atoms with Crippen LogP contribution in [0.1, 0.15) is 43.0 Å². The summed E-state index contributed by atoms with van der Waals surface area (Å²) >= 11 is 0. The smallest absolute Gasteiger partial charge is 0.256 e. The number of nitriles is 1. The number of rotatable bonds is 3. The molecule has 1 saturated carbocycles. The summed E-state index contributed by atoms with van der Waals surface area (Å²) in [5.74, 6) is 0.178. The van der Waals surface area contributed by atoms with Crippen molar-refractivity contribution in [2.24, 2.45) is 5.92 Å². The summed E-state index contributed by atoms with van der Waals surface area (Å²) in [5, 5.41) is 22.3. The number of para-hydroxylation sites is 1. The number of phenols is 1. The van der Waals surface area contributed by atoms with E-state index in [9.17, 15) is 15.2 Å². The highest BCUT2D eigenvalue weighted by molar-refractivity contribution is 5.98. The molecule has 5 heteroatoms. The van der Waals surface area contributed by atoms with Crippen molar-refractivity contribution in [2.45, 2.75) is 38.1 Å². The normalized spacial score (nSPS) is 24.9. The highest BCUT2D eigenvalue weighted by Crippen LogP contribution is 2.33. The Hall–Kier alpha value is -2.22.